The molecule has 1 aliphatic rings. The zero-order valence-corrected chi connectivity index (χ0v) is 11.3. The normalized spacial score (nSPS) is 17.1. The molecule has 1 aliphatic heterocycles. The molecule has 3 rings (SSSR count). The van der Waals surface area contributed by atoms with Crippen LogP contribution in [0.1, 0.15) is 11.1 Å². The lowest BCUT2D eigenvalue weighted by Gasteiger charge is -2.04. The van der Waals surface area contributed by atoms with Crippen LogP contribution in [0.15, 0.2) is 59.6 Å². The number of rotatable bonds is 4. The van der Waals surface area contributed by atoms with E-state index in [4.69, 9.17) is 4.74 Å². The third-order valence-electron chi connectivity index (χ3n) is 3.35. The Labute approximate surface area is 122 Å². The standard InChI is InChI=1S/C16H14N2O3/c19-18(20)15-8-6-13(7-9-15)16-17-14(11-21-16)10-12-4-2-1-3-5-12/h1-9,14H,10-11H2/t14-/m0/s1. The third-order valence-corrected chi connectivity index (χ3v) is 3.35. The molecule has 0 aromatic heterocycles. The van der Waals surface area contributed by atoms with Gasteiger partial charge in [0.05, 0.1) is 11.0 Å². The fraction of sp³-hybridized carbons (Fsp3) is 0.188. The van der Waals surface area contributed by atoms with Crippen molar-refractivity contribution in [1.29, 1.82) is 0 Å². The van der Waals surface area contributed by atoms with Crippen LogP contribution >= 0.6 is 0 Å². The average molecular weight is 282 g/mol. The molecule has 1 heterocycles. The van der Waals surface area contributed by atoms with Crippen molar-refractivity contribution in [1.82, 2.24) is 0 Å². The van der Waals surface area contributed by atoms with Gasteiger partial charge in [0.1, 0.15) is 6.61 Å². The van der Waals surface area contributed by atoms with E-state index >= 15 is 0 Å². The summed E-state index contributed by atoms with van der Waals surface area (Å²) >= 11 is 0. The number of nitro groups is 1. The first-order chi connectivity index (χ1) is 10.2. The van der Waals surface area contributed by atoms with Crippen LogP contribution in [0.2, 0.25) is 0 Å². The van der Waals surface area contributed by atoms with Crippen LogP contribution in [-0.4, -0.2) is 23.5 Å². The Kier molecular flexibility index (Phi) is 3.64. The molecule has 5 nitrogen and oxygen atoms in total. The summed E-state index contributed by atoms with van der Waals surface area (Å²) in [6.45, 7) is 0.543. The highest BCUT2D eigenvalue weighted by atomic mass is 16.6. The minimum atomic E-state index is -0.417. The fourth-order valence-corrected chi connectivity index (χ4v) is 2.29. The predicted octanol–water partition coefficient (Wildman–Crippen LogP) is 2.98. The topological polar surface area (TPSA) is 64.7 Å². The van der Waals surface area contributed by atoms with E-state index in [1.165, 1.54) is 17.7 Å². The van der Waals surface area contributed by atoms with Gasteiger partial charge in [0.25, 0.3) is 5.69 Å². The molecule has 0 saturated heterocycles. The number of nitrogens with zero attached hydrogens (tertiary/aromatic N) is 2. The van der Waals surface area contributed by atoms with Gasteiger partial charge in [-0.1, -0.05) is 30.3 Å². The summed E-state index contributed by atoms with van der Waals surface area (Å²) in [5.74, 6) is 0.561. The molecule has 106 valence electrons. The number of ether oxygens (including phenoxy) is 1. The lowest BCUT2D eigenvalue weighted by atomic mass is 10.1. The van der Waals surface area contributed by atoms with Crippen LogP contribution in [-0.2, 0) is 11.2 Å². The van der Waals surface area contributed by atoms with Gasteiger partial charge in [0.15, 0.2) is 0 Å². The summed E-state index contributed by atoms with van der Waals surface area (Å²) in [7, 11) is 0. The van der Waals surface area contributed by atoms with Crippen LogP contribution in [0.3, 0.4) is 0 Å². The Morgan fingerprint density at radius 2 is 1.86 bits per heavy atom. The highest BCUT2D eigenvalue weighted by molar-refractivity contribution is 5.95. The highest BCUT2D eigenvalue weighted by Crippen LogP contribution is 2.18. The van der Waals surface area contributed by atoms with E-state index in [0.717, 1.165) is 12.0 Å². The SMILES string of the molecule is O=[N+]([O-])c1ccc(C2=N[C@@H](Cc3ccccc3)CO2)cc1. The highest BCUT2D eigenvalue weighted by Gasteiger charge is 2.20. The first kappa shape index (κ1) is 13.3. The molecule has 0 bridgehead atoms. The average Bonchev–Trinajstić information content (AvgIpc) is 2.97. The Bertz CT molecular complexity index is 666. The lowest BCUT2D eigenvalue weighted by Crippen LogP contribution is -2.09. The molecule has 0 N–H and O–H groups in total. The molecule has 5 heteroatoms. The van der Waals surface area contributed by atoms with Crippen molar-refractivity contribution < 1.29 is 9.66 Å². The van der Waals surface area contributed by atoms with Crippen LogP contribution in [0.5, 0.6) is 0 Å². The van der Waals surface area contributed by atoms with E-state index < -0.39 is 4.92 Å². The van der Waals surface area contributed by atoms with Crippen molar-refractivity contribution in [3.8, 4) is 0 Å². The maximum Gasteiger partial charge on any atom is 0.269 e. The summed E-state index contributed by atoms with van der Waals surface area (Å²) in [5.41, 5.74) is 2.06. The maximum absolute atomic E-state index is 10.6. The first-order valence-electron chi connectivity index (χ1n) is 6.72. The molecule has 0 saturated carbocycles. The van der Waals surface area contributed by atoms with Gasteiger partial charge >= 0.3 is 0 Å². The smallest absolute Gasteiger partial charge is 0.269 e. The first-order valence-corrected chi connectivity index (χ1v) is 6.72. The zero-order valence-electron chi connectivity index (χ0n) is 11.3. The summed E-state index contributed by atoms with van der Waals surface area (Å²) in [6.07, 6.45) is 0.831. The number of hydrogen-bond acceptors (Lipinski definition) is 4. The van der Waals surface area contributed by atoms with Gasteiger partial charge in [-0.15, -0.1) is 0 Å². The summed E-state index contributed by atoms with van der Waals surface area (Å²) < 4.78 is 5.60. The Balaban J connectivity index is 1.72. The van der Waals surface area contributed by atoms with E-state index in [1.54, 1.807) is 12.1 Å². The van der Waals surface area contributed by atoms with E-state index in [2.05, 4.69) is 17.1 Å². The molecule has 0 amide bonds. The monoisotopic (exact) mass is 282 g/mol. The Morgan fingerprint density at radius 1 is 1.14 bits per heavy atom. The molecule has 21 heavy (non-hydrogen) atoms. The summed E-state index contributed by atoms with van der Waals surface area (Å²) in [5, 5.41) is 10.6. The fourth-order valence-electron chi connectivity index (χ4n) is 2.29. The van der Waals surface area contributed by atoms with E-state index in [1.807, 2.05) is 18.2 Å². The quantitative estimate of drug-likeness (QED) is 0.639. The second kappa shape index (κ2) is 5.75. The molecule has 0 radical (unpaired) electrons. The van der Waals surface area contributed by atoms with Gasteiger partial charge in [-0.2, -0.15) is 0 Å². The second-order valence-corrected chi connectivity index (χ2v) is 4.89. The van der Waals surface area contributed by atoms with Crippen molar-refractivity contribution in [2.75, 3.05) is 6.61 Å². The molecule has 0 aliphatic carbocycles. The van der Waals surface area contributed by atoms with Crippen LogP contribution in [0.4, 0.5) is 5.69 Å². The zero-order chi connectivity index (χ0) is 14.7. The van der Waals surface area contributed by atoms with E-state index in [0.29, 0.717) is 12.5 Å². The van der Waals surface area contributed by atoms with Crippen LogP contribution in [0, 0.1) is 10.1 Å². The molecule has 2 aromatic carbocycles. The van der Waals surface area contributed by atoms with E-state index in [-0.39, 0.29) is 11.7 Å². The largest absolute Gasteiger partial charge is 0.475 e. The molecule has 1 atom stereocenters. The minimum Gasteiger partial charge on any atom is -0.475 e. The number of non-ortho nitro benzene ring substituents is 1. The van der Waals surface area contributed by atoms with Gasteiger partial charge in [-0.3, -0.25) is 10.1 Å². The summed E-state index contributed by atoms with van der Waals surface area (Å²) in [6, 6.07) is 16.5. The van der Waals surface area contributed by atoms with Gasteiger partial charge in [-0.25, -0.2) is 4.99 Å². The molecule has 0 unspecified atom stereocenters. The Morgan fingerprint density at radius 3 is 2.52 bits per heavy atom. The molecule has 0 spiro atoms. The van der Waals surface area contributed by atoms with Gasteiger partial charge in [0, 0.05) is 17.7 Å². The predicted molar refractivity (Wildman–Crippen MR) is 79.5 cm³/mol. The molecule has 2 aromatic rings. The molecular formula is C16H14N2O3. The number of nitro benzene ring substituents is 1. The van der Waals surface area contributed by atoms with Crippen LogP contribution < -0.4 is 0 Å². The summed E-state index contributed by atoms with van der Waals surface area (Å²) in [4.78, 5) is 14.8. The molecular weight excluding hydrogens is 268 g/mol. The number of benzene rings is 2. The maximum atomic E-state index is 10.6. The number of hydrogen-bond donors (Lipinski definition) is 0. The van der Waals surface area contributed by atoms with Crippen molar-refractivity contribution in [2.45, 2.75) is 12.5 Å². The lowest BCUT2D eigenvalue weighted by molar-refractivity contribution is -0.384. The van der Waals surface area contributed by atoms with Crippen molar-refractivity contribution in [3.63, 3.8) is 0 Å². The van der Waals surface area contributed by atoms with Crippen molar-refractivity contribution >= 4 is 11.6 Å². The molecule has 0 fully saturated rings. The second-order valence-electron chi connectivity index (χ2n) is 4.89. The Hall–Kier alpha value is -2.69. The van der Waals surface area contributed by atoms with Crippen LogP contribution in [0.25, 0.3) is 0 Å². The van der Waals surface area contributed by atoms with Crippen molar-refractivity contribution in [2.24, 2.45) is 4.99 Å². The number of aliphatic imine (C=N–C) groups is 1. The minimum absolute atomic E-state index is 0.0678. The van der Waals surface area contributed by atoms with E-state index in [9.17, 15) is 10.1 Å². The van der Waals surface area contributed by atoms with Gasteiger partial charge < -0.3 is 4.74 Å². The third kappa shape index (κ3) is 3.08. The van der Waals surface area contributed by atoms with Gasteiger partial charge in [0.2, 0.25) is 5.90 Å². The van der Waals surface area contributed by atoms with Gasteiger partial charge in [-0.05, 0) is 24.1 Å². The van der Waals surface area contributed by atoms with Crippen molar-refractivity contribution in [3.05, 3.63) is 75.8 Å².